The normalized spacial score (nSPS) is 19.4. The number of ether oxygens (including phenoxy) is 2. The highest BCUT2D eigenvalue weighted by molar-refractivity contribution is 6.31. The Labute approximate surface area is 131 Å². The predicted molar refractivity (Wildman–Crippen MR) is 83.6 cm³/mol. The van der Waals surface area contributed by atoms with Crippen molar-refractivity contribution in [3.05, 3.63) is 34.9 Å². The summed E-state index contributed by atoms with van der Waals surface area (Å²) in [6.07, 6.45) is 1.42. The van der Waals surface area contributed by atoms with Crippen LogP contribution in [0.25, 0.3) is 0 Å². The van der Waals surface area contributed by atoms with E-state index in [-0.39, 0.29) is 5.54 Å². The van der Waals surface area contributed by atoms with Crippen molar-refractivity contribution in [1.82, 2.24) is 5.32 Å². The van der Waals surface area contributed by atoms with Gasteiger partial charge in [0.15, 0.2) is 0 Å². The Bertz CT molecular complexity index is 435. The van der Waals surface area contributed by atoms with Gasteiger partial charge in [-0.2, -0.15) is 0 Å². The quantitative estimate of drug-likeness (QED) is 0.811. The first-order chi connectivity index (χ1) is 10.1. The van der Waals surface area contributed by atoms with Crippen molar-refractivity contribution in [2.75, 3.05) is 26.4 Å². The van der Waals surface area contributed by atoms with Gasteiger partial charge >= 0.3 is 0 Å². The van der Waals surface area contributed by atoms with E-state index in [2.05, 4.69) is 12.2 Å². The van der Waals surface area contributed by atoms with E-state index in [1.54, 1.807) is 0 Å². The van der Waals surface area contributed by atoms with Crippen LogP contribution in [0, 0.1) is 0 Å². The van der Waals surface area contributed by atoms with Crippen LogP contribution in [0.3, 0.4) is 0 Å². The molecule has 0 bridgehead atoms. The molecule has 2 N–H and O–H groups in total. The third kappa shape index (κ3) is 5.57. The second-order valence-corrected chi connectivity index (χ2v) is 6.22. The Morgan fingerprint density at radius 3 is 2.81 bits per heavy atom. The highest BCUT2D eigenvalue weighted by Gasteiger charge is 2.27. The standard InChI is InChI=1S/C16H24ClNO3/c1-16(6-8-20-9-7-16)18-10-14(19)12-21-11-13-4-2-3-5-15(13)17/h2-5,14,18-19H,6-12H2,1H3. The summed E-state index contributed by atoms with van der Waals surface area (Å²) in [6.45, 7) is 4.98. The zero-order chi connectivity index (χ0) is 15.1. The van der Waals surface area contributed by atoms with Gasteiger partial charge in [0.2, 0.25) is 0 Å². The van der Waals surface area contributed by atoms with Crippen LogP contribution in [0.1, 0.15) is 25.3 Å². The minimum atomic E-state index is -0.521. The first kappa shape index (κ1) is 16.7. The topological polar surface area (TPSA) is 50.7 Å². The van der Waals surface area contributed by atoms with Crippen LogP contribution in [0.5, 0.6) is 0 Å². The Morgan fingerprint density at radius 1 is 1.38 bits per heavy atom. The molecule has 0 spiro atoms. The van der Waals surface area contributed by atoms with Crippen LogP contribution in [-0.4, -0.2) is 43.1 Å². The Hall–Kier alpha value is -0.650. The average molecular weight is 314 g/mol. The molecule has 21 heavy (non-hydrogen) atoms. The summed E-state index contributed by atoms with van der Waals surface area (Å²) < 4.78 is 10.9. The molecule has 4 nitrogen and oxygen atoms in total. The van der Waals surface area contributed by atoms with E-state index >= 15 is 0 Å². The van der Waals surface area contributed by atoms with E-state index in [4.69, 9.17) is 21.1 Å². The highest BCUT2D eigenvalue weighted by Crippen LogP contribution is 2.19. The molecule has 0 saturated carbocycles. The molecule has 0 aliphatic carbocycles. The molecule has 0 radical (unpaired) electrons. The smallest absolute Gasteiger partial charge is 0.0898 e. The minimum absolute atomic E-state index is 0.0575. The first-order valence-corrected chi connectivity index (χ1v) is 7.79. The predicted octanol–water partition coefficient (Wildman–Crippen LogP) is 2.38. The lowest BCUT2D eigenvalue weighted by Crippen LogP contribution is -2.49. The molecule has 1 fully saturated rings. The van der Waals surface area contributed by atoms with Gasteiger partial charge < -0.3 is 19.9 Å². The number of rotatable bonds is 7. The van der Waals surface area contributed by atoms with Crippen molar-refractivity contribution in [1.29, 1.82) is 0 Å². The number of β-amino-alcohol motifs (C(OH)–C–C–N with tert-alkyl or cyclic N) is 1. The first-order valence-electron chi connectivity index (χ1n) is 7.41. The zero-order valence-corrected chi connectivity index (χ0v) is 13.2. The number of hydrogen-bond donors (Lipinski definition) is 2. The number of aliphatic hydroxyl groups is 1. The molecule has 1 aliphatic rings. The molecule has 1 aromatic carbocycles. The molecular formula is C16H24ClNO3. The average Bonchev–Trinajstić information content (AvgIpc) is 2.48. The molecule has 118 valence electrons. The lowest BCUT2D eigenvalue weighted by atomic mass is 9.92. The molecule has 1 saturated heterocycles. The number of aliphatic hydroxyl groups excluding tert-OH is 1. The van der Waals surface area contributed by atoms with E-state index in [9.17, 15) is 5.11 Å². The van der Waals surface area contributed by atoms with Crippen LogP contribution in [-0.2, 0) is 16.1 Å². The minimum Gasteiger partial charge on any atom is -0.389 e. The molecule has 2 rings (SSSR count). The summed E-state index contributed by atoms with van der Waals surface area (Å²) in [7, 11) is 0. The van der Waals surface area contributed by atoms with Crippen molar-refractivity contribution in [3.8, 4) is 0 Å². The van der Waals surface area contributed by atoms with Crippen molar-refractivity contribution >= 4 is 11.6 Å². The molecule has 1 unspecified atom stereocenters. The van der Waals surface area contributed by atoms with Crippen molar-refractivity contribution < 1.29 is 14.6 Å². The van der Waals surface area contributed by atoms with Crippen LogP contribution >= 0.6 is 11.6 Å². The summed E-state index contributed by atoms with van der Waals surface area (Å²) in [4.78, 5) is 0. The third-order valence-electron chi connectivity index (χ3n) is 3.89. The van der Waals surface area contributed by atoms with Crippen LogP contribution in [0.4, 0.5) is 0 Å². The van der Waals surface area contributed by atoms with Crippen molar-refractivity contribution in [2.24, 2.45) is 0 Å². The number of benzene rings is 1. The van der Waals surface area contributed by atoms with Gasteiger partial charge in [-0.1, -0.05) is 29.8 Å². The molecule has 0 aromatic heterocycles. The van der Waals surface area contributed by atoms with Gasteiger partial charge in [0.1, 0.15) is 0 Å². The molecule has 1 atom stereocenters. The zero-order valence-electron chi connectivity index (χ0n) is 12.5. The van der Waals surface area contributed by atoms with Gasteiger partial charge in [0.05, 0.1) is 19.3 Å². The summed E-state index contributed by atoms with van der Waals surface area (Å²) in [5.41, 5.74) is 0.998. The molecule has 0 amide bonds. The van der Waals surface area contributed by atoms with E-state index in [0.717, 1.165) is 31.6 Å². The Balaban J connectivity index is 1.65. The lowest BCUT2D eigenvalue weighted by molar-refractivity contribution is 0.0117. The van der Waals surface area contributed by atoms with Gasteiger partial charge in [0, 0.05) is 30.3 Å². The molecule has 5 heteroatoms. The van der Waals surface area contributed by atoms with E-state index in [1.807, 2.05) is 24.3 Å². The second-order valence-electron chi connectivity index (χ2n) is 5.81. The number of hydrogen-bond acceptors (Lipinski definition) is 4. The summed E-state index contributed by atoms with van der Waals surface area (Å²) >= 11 is 6.05. The summed E-state index contributed by atoms with van der Waals surface area (Å²) in [5, 5.41) is 14.1. The van der Waals surface area contributed by atoms with E-state index in [0.29, 0.717) is 24.8 Å². The van der Waals surface area contributed by atoms with Crippen molar-refractivity contribution in [2.45, 2.75) is 38.0 Å². The fourth-order valence-electron chi connectivity index (χ4n) is 2.34. The number of nitrogens with one attached hydrogen (secondary N) is 1. The van der Waals surface area contributed by atoms with Crippen molar-refractivity contribution in [3.63, 3.8) is 0 Å². The summed E-state index contributed by atoms with van der Waals surface area (Å²) in [5.74, 6) is 0. The van der Waals surface area contributed by atoms with E-state index in [1.165, 1.54) is 0 Å². The number of halogens is 1. The van der Waals surface area contributed by atoms with Gasteiger partial charge in [-0.05, 0) is 31.4 Å². The third-order valence-corrected chi connectivity index (χ3v) is 4.26. The molecule has 1 aromatic rings. The molecular weight excluding hydrogens is 290 g/mol. The maximum Gasteiger partial charge on any atom is 0.0898 e. The van der Waals surface area contributed by atoms with Crippen LogP contribution in [0.15, 0.2) is 24.3 Å². The van der Waals surface area contributed by atoms with E-state index < -0.39 is 6.10 Å². The Morgan fingerprint density at radius 2 is 2.10 bits per heavy atom. The largest absolute Gasteiger partial charge is 0.389 e. The van der Waals surface area contributed by atoms with Gasteiger partial charge in [-0.3, -0.25) is 0 Å². The van der Waals surface area contributed by atoms with Gasteiger partial charge in [-0.15, -0.1) is 0 Å². The fraction of sp³-hybridized carbons (Fsp3) is 0.625. The Kier molecular flexibility index (Phi) is 6.45. The summed E-state index contributed by atoms with van der Waals surface area (Å²) in [6, 6.07) is 7.58. The molecule has 1 aliphatic heterocycles. The fourth-order valence-corrected chi connectivity index (χ4v) is 2.53. The second kappa shape index (κ2) is 8.11. The van der Waals surface area contributed by atoms with Gasteiger partial charge in [0.25, 0.3) is 0 Å². The monoisotopic (exact) mass is 313 g/mol. The van der Waals surface area contributed by atoms with Crippen LogP contribution < -0.4 is 5.32 Å². The maximum absolute atomic E-state index is 9.99. The maximum atomic E-state index is 9.99. The SMILES string of the molecule is CC1(NCC(O)COCc2ccccc2Cl)CCOCC1. The lowest BCUT2D eigenvalue weighted by Gasteiger charge is -2.35. The van der Waals surface area contributed by atoms with Crippen LogP contribution in [0.2, 0.25) is 5.02 Å². The highest BCUT2D eigenvalue weighted by atomic mass is 35.5. The van der Waals surface area contributed by atoms with Gasteiger partial charge in [-0.25, -0.2) is 0 Å². The molecule has 1 heterocycles.